The van der Waals surface area contributed by atoms with Gasteiger partial charge in [0.25, 0.3) is 0 Å². The molecule has 0 aromatic heterocycles. The number of urea groups is 1. The Hall–Kier alpha value is -2.64. The summed E-state index contributed by atoms with van der Waals surface area (Å²) in [6.45, 7) is 0. The number of methoxy groups -OCH3 is 2. The second-order valence-electron chi connectivity index (χ2n) is 3.96. The first-order valence-corrected chi connectivity index (χ1v) is 5.94. The number of halogens is 1. The Morgan fingerprint density at radius 3 is 2.29 bits per heavy atom. The Bertz CT molecular complexity index is 518. The largest absolute Gasteiger partial charge is 0.469 e. The van der Waals surface area contributed by atoms with Gasteiger partial charge in [-0.05, 0) is 24.3 Å². The Kier molecular flexibility index (Phi) is 6.12. The summed E-state index contributed by atoms with van der Waals surface area (Å²) in [6, 6.07) is 3.12. The number of hydrogen-bond donors (Lipinski definition) is 2. The molecule has 2 amide bonds. The molecular formula is C13H15FN2O5. The maximum absolute atomic E-state index is 12.7. The third-order valence-electron chi connectivity index (χ3n) is 2.49. The molecule has 0 spiro atoms. The second kappa shape index (κ2) is 7.83. The van der Waals surface area contributed by atoms with E-state index >= 15 is 0 Å². The molecule has 0 aliphatic heterocycles. The molecule has 1 rings (SSSR count). The van der Waals surface area contributed by atoms with Crippen molar-refractivity contribution in [1.29, 1.82) is 0 Å². The molecule has 1 atom stereocenters. The molecule has 0 bridgehead atoms. The maximum atomic E-state index is 12.7. The summed E-state index contributed by atoms with van der Waals surface area (Å²) in [6.07, 6.45) is -0.361. The van der Waals surface area contributed by atoms with Crippen LogP contribution < -0.4 is 10.6 Å². The molecule has 8 heteroatoms. The standard InChI is InChI=1S/C13H15FN2O5/c1-20-11(17)7-10(12(18)21-2)16-13(19)15-9-5-3-8(14)4-6-9/h3-6,10H,7H2,1-2H3,(H2,15,16,19). The molecule has 114 valence electrons. The third-order valence-corrected chi connectivity index (χ3v) is 2.49. The van der Waals surface area contributed by atoms with Gasteiger partial charge in [-0.3, -0.25) is 4.79 Å². The zero-order valence-corrected chi connectivity index (χ0v) is 11.5. The highest BCUT2D eigenvalue weighted by atomic mass is 19.1. The fraction of sp³-hybridized carbons (Fsp3) is 0.308. The molecule has 1 aromatic rings. The summed E-state index contributed by atoms with van der Waals surface area (Å²) < 4.78 is 21.6. The molecule has 0 aliphatic rings. The van der Waals surface area contributed by atoms with Gasteiger partial charge in [0, 0.05) is 5.69 Å². The van der Waals surface area contributed by atoms with Crippen molar-refractivity contribution in [3.8, 4) is 0 Å². The number of benzene rings is 1. The van der Waals surface area contributed by atoms with Gasteiger partial charge in [-0.25, -0.2) is 14.0 Å². The summed E-state index contributed by atoms with van der Waals surface area (Å²) in [5, 5.41) is 4.67. The minimum atomic E-state index is -1.18. The van der Waals surface area contributed by atoms with E-state index in [-0.39, 0.29) is 6.42 Å². The quantitative estimate of drug-likeness (QED) is 0.793. The van der Waals surface area contributed by atoms with Gasteiger partial charge in [0.1, 0.15) is 11.9 Å². The number of ether oxygens (including phenoxy) is 2. The van der Waals surface area contributed by atoms with Crippen molar-refractivity contribution in [2.24, 2.45) is 0 Å². The predicted molar refractivity (Wildman–Crippen MR) is 71.0 cm³/mol. The number of amides is 2. The Morgan fingerprint density at radius 1 is 1.14 bits per heavy atom. The van der Waals surface area contributed by atoms with E-state index in [1.807, 2.05) is 0 Å². The SMILES string of the molecule is COC(=O)CC(NC(=O)Nc1ccc(F)cc1)C(=O)OC. The first-order chi connectivity index (χ1) is 9.96. The van der Waals surface area contributed by atoms with Crippen LogP contribution in [0.1, 0.15) is 6.42 Å². The van der Waals surface area contributed by atoms with Crippen molar-refractivity contribution in [3.63, 3.8) is 0 Å². The van der Waals surface area contributed by atoms with Crippen molar-refractivity contribution >= 4 is 23.7 Å². The Labute approximate surface area is 120 Å². The van der Waals surface area contributed by atoms with Crippen LogP contribution in [0.4, 0.5) is 14.9 Å². The molecule has 2 N–H and O–H groups in total. The minimum absolute atomic E-state index is 0.329. The third kappa shape index (κ3) is 5.47. The van der Waals surface area contributed by atoms with Gasteiger partial charge >= 0.3 is 18.0 Å². The van der Waals surface area contributed by atoms with Gasteiger partial charge in [0.15, 0.2) is 0 Å². The first kappa shape index (κ1) is 16.4. The van der Waals surface area contributed by atoms with Crippen molar-refractivity contribution in [1.82, 2.24) is 5.32 Å². The maximum Gasteiger partial charge on any atom is 0.329 e. The second-order valence-corrected chi connectivity index (χ2v) is 3.96. The van der Waals surface area contributed by atoms with Crippen molar-refractivity contribution in [2.75, 3.05) is 19.5 Å². The van der Waals surface area contributed by atoms with Crippen LogP contribution in [0, 0.1) is 5.82 Å². The van der Waals surface area contributed by atoms with Crippen molar-refractivity contribution < 1.29 is 28.2 Å². The van der Waals surface area contributed by atoms with Gasteiger partial charge in [-0.1, -0.05) is 0 Å². The lowest BCUT2D eigenvalue weighted by molar-refractivity contribution is -0.149. The van der Waals surface area contributed by atoms with Gasteiger partial charge in [0.05, 0.1) is 20.6 Å². The highest BCUT2D eigenvalue weighted by molar-refractivity contribution is 5.93. The molecule has 21 heavy (non-hydrogen) atoms. The van der Waals surface area contributed by atoms with E-state index in [0.717, 1.165) is 14.2 Å². The molecule has 0 radical (unpaired) electrons. The highest BCUT2D eigenvalue weighted by Gasteiger charge is 2.25. The summed E-state index contributed by atoms with van der Waals surface area (Å²) in [4.78, 5) is 34.4. The van der Waals surface area contributed by atoms with Gasteiger partial charge < -0.3 is 20.1 Å². The zero-order valence-electron chi connectivity index (χ0n) is 11.5. The number of esters is 2. The van der Waals surface area contributed by atoms with Gasteiger partial charge in [-0.2, -0.15) is 0 Å². The summed E-state index contributed by atoms with van der Waals surface area (Å²) in [7, 11) is 2.29. The molecule has 7 nitrogen and oxygen atoms in total. The van der Waals surface area contributed by atoms with Crippen LogP contribution in [0.15, 0.2) is 24.3 Å². The number of carbonyl (C=O) groups is 3. The van der Waals surface area contributed by atoms with Crippen molar-refractivity contribution in [2.45, 2.75) is 12.5 Å². The minimum Gasteiger partial charge on any atom is -0.469 e. The van der Waals surface area contributed by atoms with Crippen LogP contribution in [0.2, 0.25) is 0 Å². The average molecular weight is 298 g/mol. The normalized spacial score (nSPS) is 11.2. The van der Waals surface area contributed by atoms with Crippen LogP contribution in [-0.2, 0) is 19.1 Å². The van der Waals surface area contributed by atoms with E-state index in [0.29, 0.717) is 5.69 Å². The molecule has 0 heterocycles. The number of carbonyl (C=O) groups excluding carboxylic acids is 3. The smallest absolute Gasteiger partial charge is 0.329 e. The molecule has 0 saturated heterocycles. The fourth-order valence-corrected chi connectivity index (χ4v) is 1.44. The zero-order chi connectivity index (χ0) is 15.8. The number of rotatable bonds is 5. The monoisotopic (exact) mass is 298 g/mol. The van der Waals surface area contributed by atoms with E-state index < -0.39 is 29.8 Å². The van der Waals surface area contributed by atoms with E-state index in [9.17, 15) is 18.8 Å². The lowest BCUT2D eigenvalue weighted by atomic mass is 10.2. The van der Waals surface area contributed by atoms with Crippen LogP contribution in [0.3, 0.4) is 0 Å². The summed E-state index contributed by atoms with van der Waals surface area (Å²) >= 11 is 0. The molecule has 0 saturated carbocycles. The van der Waals surface area contributed by atoms with Crippen LogP contribution in [0.5, 0.6) is 0 Å². The summed E-state index contributed by atoms with van der Waals surface area (Å²) in [5.74, 6) is -1.90. The topological polar surface area (TPSA) is 93.7 Å². The van der Waals surface area contributed by atoms with E-state index in [1.165, 1.54) is 24.3 Å². The fourth-order valence-electron chi connectivity index (χ4n) is 1.44. The first-order valence-electron chi connectivity index (χ1n) is 5.94. The highest BCUT2D eigenvalue weighted by Crippen LogP contribution is 2.08. The molecule has 0 aliphatic carbocycles. The average Bonchev–Trinajstić information content (AvgIpc) is 2.47. The Morgan fingerprint density at radius 2 is 1.76 bits per heavy atom. The molecule has 0 fully saturated rings. The molecular weight excluding hydrogens is 283 g/mol. The van der Waals surface area contributed by atoms with Crippen LogP contribution in [0.25, 0.3) is 0 Å². The number of hydrogen-bond acceptors (Lipinski definition) is 5. The lowest BCUT2D eigenvalue weighted by Gasteiger charge is -2.15. The lowest BCUT2D eigenvalue weighted by Crippen LogP contribution is -2.45. The van der Waals surface area contributed by atoms with E-state index in [4.69, 9.17) is 0 Å². The summed E-state index contributed by atoms with van der Waals surface area (Å²) in [5.41, 5.74) is 0.329. The van der Waals surface area contributed by atoms with Crippen molar-refractivity contribution in [3.05, 3.63) is 30.1 Å². The molecule has 1 unspecified atom stereocenters. The predicted octanol–water partition coefficient (Wildman–Crippen LogP) is 1.05. The van der Waals surface area contributed by atoms with Crippen LogP contribution in [-0.4, -0.2) is 38.2 Å². The van der Waals surface area contributed by atoms with E-state index in [1.54, 1.807) is 0 Å². The van der Waals surface area contributed by atoms with Crippen LogP contribution >= 0.6 is 0 Å². The number of nitrogens with one attached hydrogen (secondary N) is 2. The number of anilines is 1. The van der Waals surface area contributed by atoms with Gasteiger partial charge in [-0.15, -0.1) is 0 Å². The van der Waals surface area contributed by atoms with Gasteiger partial charge in [0.2, 0.25) is 0 Å². The van der Waals surface area contributed by atoms with E-state index in [2.05, 4.69) is 20.1 Å². The molecule has 1 aromatic carbocycles. The Balaban J connectivity index is 2.64.